The molecule has 0 aromatic heterocycles. The number of methoxy groups -OCH3 is 1. The zero-order valence-electron chi connectivity index (χ0n) is 23.8. The Morgan fingerprint density at radius 2 is 1.77 bits per heavy atom. The number of hydrogen-bond donors (Lipinski definition) is 1. The van der Waals surface area contributed by atoms with Crippen LogP contribution in [0.25, 0.3) is 11.1 Å². The van der Waals surface area contributed by atoms with Gasteiger partial charge in [0, 0.05) is 13.2 Å². The van der Waals surface area contributed by atoms with Crippen LogP contribution in [0.1, 0.15) is 56.1 Å². The number of carbonyl (C=O) groups excluding carboxylic acids is 1. The van der Waals surface area contributed by atoms with Gasteiger partial charge in [0.1, 0.15) is 0 Å². The number of carbonyl (C=O) groups is 1. The van der Waals surface area contributed by atoms with Gasteiger partial charge in [-0.1, -0.05) is 42.5 Å². The molecule has 0 radical (unpaired) electrons. The smallest absolute Gasteiger partial charge is 0.465 e. The third-order valence-corrected chi connectivity index (χ3v) is 7.92. The number of nitrogens with one attached hydrogen (secondary N) is 1. The van der Waals surface area contributed by atoms with Crippen molar-refractivity contribution in [2.75, 3.05) is 23.9 Å². The standard InChI is InChI=1S/C31H34BN3O5/c1-7-38-29-34-26-10-8-9-24(28(36)37-6)27(26)35(29)19-20-11-13-21(14-12-20)25-17-23(16-15-22(25)18-33)32-39-30(2,3)31(4,5)40-32/h8-17,29,34H,7,19H2,1-6H3. The third-order valence-electron chi connectivity index (χ3n) is 7.92. The number of esters is 1. The molecule has 0 spiro atoms. The van der Waals surface area contributed by atoms with Gasteiger partial charge in [-0.15, -0.1) is 0 Å². The van der Waals surface area contributed by atoms with Gasteiger partial charge in [0.2, 0.25) is 6.35 Å². The summed E-state index contributed by atoms with van der Waals surface area (Å²) in [6.07, 6.45) is -0.424. The van der Waals surface area contributed by atoms with Crippen LogP contribution in [0.5, 0.6) is 0 Å². The summed E-state index contributed by atoms with van der Waals surface area (Å²) in [7, 11) is 0.864. The molecule has 2 aliphatic heterocycles. The van der Waals surface area contributed by atoms with E-state index in [1.807, 2.05) is 94.1 Å². The summed E-state index contributed by atoms with van der Waals surface area (Å²) in [5.41, 5.74) is 5.32. The third kappa shape index (κ3) is 4.95. The molecule has 5 rings (SSSR count). The molecule has 1 unspecified atom stereocenters. The normalized spacial score (nSPS) is 18.7. The molecule has 3 aromatic rings. The van der Waals surface area contributed by atoms with E-state index in [-0.39, 0.29) is 0 Å². The number of nitrogens with zero attached hydrogens (tertiary/aromatic N) is 2. The van der Waals surface area contributed by atoms with Gasteiger partial charge in [0.25, 0.3) is 0 Å². The highest BCUT2D eigenvalue weighted by Gasteiger charge is 2.51. The average Bonchev–Trinajstić information content (AvgIpc) is 3.40. The Hall–Kier alpha value is -3.84. The molecular formula is C31H34BN3O5. The molecule has 9 heteroatoms. The molecule has 0 saturated carbocycles. The Labute approximate surface area is 235 Å². The van der Waals surface area contributed by atoms with E-state index in [0.29, 0.717) is 24.3 Å². The summed E-state index contributed by atoms with van der Waals surface area (Å²) >= 11 is 0. The Kier molecular flexibility index (Phi) is 7.36. The van der Waals surface area contributed by atoms with Crippen LogP contribution in [0.15, 0.2) is 60.7 Å². The summed E-state index contributed by atoms with van der Waals surface area (Å²) in [6.45, 7) is 11.0. The maximum absolute atomic E-state index is 12.5. The highest BCUT2D eigenvalue weighted by atomic mass is 16.7. The van der Waals surface area contributed by atoms with E-state index in [0.717, 1.165) is 33.5 Å². The van der Waals surface area contributed by atoms with E-state index < -0.39 is 30.6 Å². The number of hydrogen-bond acceptors (Lipinski definition) is 8. The van der Waals surface area contributed by atoms with Crippen molar-refractivity contribution in [2.24, 2.45) is 0 Å². The maximum atomic E-state index is 12.5. The molecule has 1 N–H and O–H groups in total. The Bertz CT molecular complexity index is 1450. The number of rotatable bonds is 7. The Morgan fingerprint density at radius 1 is 1.07 bits per heavy atom. The monoisotopic (exact) mass is 539 g/mol. The minimum absolute atomic E-state index is 0.401. The second-order valence-corrected chi connectivity index (χ2v) is 11.0. The van der Waals surface area contributed by atoms with Crippen LogP contribution in [0.3, 0.4) is 0 Å². The van der Waals surface area contributed by atoms with Gasteiger partial charge < -0.3 is 29.0 Å². The molecule has 3 aromatic carbocycles. The van der Waals surface area contributed by atoms with Gasteiger partial charge in [-0.25, -0.2) is 4.79 Å². The topological polar surface area (TPSA) is 93.1 Å². The van der Waals surface area contributed by atoms with Crippen molar-refractivity contribution in [1.82, 2.24) is 0 Å². The first-order chi connectivity index (χ1) is 19.1. The highest BCUT2D eigenvalue weighted by molar-refractivity contribution is 6.62. The highest BCUT2D eigenvalue weighted by Crippen LogP contribution is 2.40. The fourth-order valence-corrected chi connectivity index (χ4v) is 5.03. The minimum atomic E-state index is -0.516. The maximum Gasteiger partial charge on any atom is 0.494 e. The van der Waals surface area contributed by atoms with E-state index in [1.165, 1.54) is 7.11 Å². The molecule has 0 amide bonds. The molecule has 1 atom stereocenters. The van der Waals surface area contributed by atoms with Crippen molar-refractivity contribution >= 4 is 29.9 Å². The molecule has 40 heavy (non-hydrogen) atoms. The molecule has 1 fully saturated rings. The second-order valence-electron chi connectivity index (χ2n) is 11.0. The van der Waals surface area contributed by atoms with Gasteiger partial charge in [-0.3, -0.25) is 0 Å². The number of fused-ring (bicyclic) bond motifs is 1. The van der Waals surface area contributed by atoms with E-state index >= 15 is 0 Å². The summed E-state index contributed by atoms with van der Waals surface area (Å²) in [6, 6.07) is 21.6. The summed E-state index contributed by atoms with van der Waals surface area (Å²) in [5, 5.41) is 13.2. The number of nitriles is 1. The van der Waals surface area contributed by atoms with Crippen molar-refractivity contribution < 1.29 is 23.6 Å². The van der Waals surface area contributed by atoms with Crippen LogP contribution >= 0.6 is 0 Å². The fourth-order valence-electron chi connectivity index (χ4n) is 5.03. The van der Waals surface area contributed by atoms with Gasteiger partial charge in [-0.2, -0.15) is 5.26 Å². The Balaban J connectivity index is 1.43. The first-order valence-corrected chi connectivity index (χ1v) is 13.4. The summed E-state index contributed by atoms with van der Waals surface area (Å²) in [4.78, 5) is 14.6. The largest absolute Gasteiger partial charge is 0.494 e. The lowest BCUT2D eigenvalue weighted by Gasteiger charge is -2.32. The Morgan fingerprint density at radius 3 is 2.40 bits per heavy atom. The number of anilines is 2. The fraction of sp³-hybridized carbons (Fsp3) is 0.355. The quantitative estimate of drug-likeness (QED) is 0.329. The molecule has 0 bridgehead atoms. The van der Waals surface area contributed by atoms with Gasteiger partial charge >= 0.3 is 13.1 Å². The van der Waals surface area contributed by atoms with E-state index in [1.54, 1.807) is 6.07 Å². The second kappa shape index (κ2) is 10.6. The van der Waals surface area contributed by atoms with Crippen LogP contribution in [0.2, 0.25) is 0 Å². The zero-order chi connectivity index (χ0) is 28.7. The molecule has 1 saturated heterocycles. The molecule has 2 heterocycles. The van der Waals surface area contributed by atoms with E-state index in [9.17, 15) is 10.1 Å². The van der Waals surface area contributed by atoms with E-state index in [2.05, 4.69) is 11.4 Å². The predicted octanol–water partition coefficient (Wildman–Crippen LogP) is 5.06. The van der Waals surface area contributed by atoms with Gasteiger partial charge in [0.15, 0.2) is 0 Å². The van der Waals surface area contributed by atoms with Crippen LogP contribution in [-0.4, -0.2) is 44.4 Å². The van der Waals surface area contributed by atoms with Crippen molar-refractivity contribution in [3.05, 3.63) is 77.4 Å². The average molecular weight is 539 g/mol. The summed E-state index contributed by atoms with van der Waals surface area (Å²) < 4.78 is 23.5. The molecule has 206 valence electrons. The minimum Gasteiger partial charge on any atom is -0.465 e. The van der Waals surface area contributed by atoms with Crippen molar-refractivity contribution in [2.45, 2.75) is 58.7 Å². The molecule has 2 aliphatic rings. The summed E-state index contributed by atoms with van der Waals surface area (Å²) in [5.74, 6) is -0.401. The number of para-hydroxylation sites is 1. The van der Waals surface area contributed by atoms with Gasteiger partial charge in [-0.05, 0) is 75.0 Å². The lowest BCUT2D eigenvalue weighted by Crippen LogP contribution is -2.41. The van der Waals surface area contributed by atoms with Crippen molar-refractivity contribution in [3.63, 3.8) is 0 Å². The first kappa shape index (κ1) is 27.7. The number of benzene rings is 3. The van der Waals surface area contributed by atoms with Crippen LogP contribution in [0.4, 0.5) is 11.4 Å². The van der Waals surface area contributed by atoms with Crippen LogP contribution in [-0.2, 0) is 25.3 Å². The molecular weight excluding hydrogens is 505 g/mol. The van der Waals surface area contributed by atoms with E-state index in [4.69, 9.17) is 18.8 Å². The molecule has 8 nitrogen and oxygen atoms in total. The van der Waals surface area contributed by atoms with Crippen LogP contribution < -0.4 is 15.7 Å². The zero-order valence-corrected chi connectivity index (χ0v) is 23.8. The van der Waals surface area contributed by atoms with Gasteiger partial charge in [0.05, 0.1) is 46.9 Å². The predicted molar refractivity (Wildman–Crippen MR) is 155 cm³/mol. The van der Waals surface area contributed by atoms with Crippen LogP contribution in [0, 0.1) is 11.3 Å². The molecule has 0 aliphatic carbocycles. The first-order valence-electron chi connectivity index (χ1n) is 13.4. The lowest BCUT2D eigenvalue weighted by molar-refractivity contribution is 0.00578. The van der Waals surface area contributed by atoms with Crippen molar-refractivity contribution in [3.8, 4) is 17.2 Å². The SMILES string of the molecule is CCOC1Nc2cccc(C(=O)OC)c2N1Cc1ccc(-c2cc(B3OC(C)(C)C(C)(C)O3)ccc2C#N)cc1. The lowest BCUT2D eigenvalue weighted by atomic mass is 9.77. The number of ether oxygens (including phenoxy) is 2. The van der Waals surface area contributed by atoms with Crippen molar-refractivity contribution in [1.29, 1.82) is 5.26 Å².